The summed E-state index contributed by atoms with van der Waals surface area (Å²) in [5, 5.41) is 18.6. The maximum atomic E-state index is 11.5. The number of fused-ring (bicyclic) bond motifs is 6. The zero-order valence-corrected chi connectivity index (χ0v) is 42.3. The Bertz CT molecular complexity index is 2920. The number of carboxylic acid groups (broad SMARTS) is 1. The number of nitriles is 1. The second-order valence-electron chi connectivity index (χ2n) is 20.0. The van der Waals surface area contributed by atoms with Crippen LogP contribution in [0.15, 0.2) is 127 Å². The Morgan fingerprint density at radius 1 is 0.544 bits per heavy atom. The molecule has 9 rings (SSSR count). The van der Waals surface area contributed by atoms with E-state index in [-0.39, 0.29) is 16.4 Å². The fourth-order valence-corrected chi connectivity index (χ4v) is 12.7. The van der Waals surface area contributed by atoms with Gasteiger partial charge in [-0.15, -0.1) is 22.7 Å². The number of rotatable bonds is 19. The Labute approximate surface area is 412 Å². The molecule has 2 heterocycles. The average molecular weight is 933 g/mol. The molecule has 0 saturated heterocycles. The zero-order chi connectivity index (χ0) is 47.6. The predicted octanol–water partition coefficient (Wildman–Crippen LogP) is 18.2. The molecule has 0 saturated carbocycles. The molecule has 0 radical (unpaired) electrons. The van der Waals surface area contributed by atoms with Crippen molar-refractivity contribution in [2.24, 2.45) is 0 Å². The highest BCUT2D eigenvalue weighted by molar-refractivity contribution is 7.24. The zero-order valence-electron chi connectivity index (χ0n) is 40.7. The molecule has 0 aliphatic heterocycles. The lowest BCUT2D eigenvalue weighted by atomic mass is 9.81. The van der Waals surface area contributed by atoms with Crippen LogP contribution in [0.4, 0.5) is 17.1 Å². The number of anilines is 3. The van der Waals surface area contributed by atoms with Crippen LogP contribution in [0.3, 0.4) is 0 Å². The van der Waals surface area contributed by atoms with Gasteiger partial charge in [-0.2, -0.15) is 5.26 Å². The molecule has 0 unspecified atom stereocenters. The fourth-order valence-electron chi connectivity index (χ4n) is 10.7. The number of carbonyl (C=O) groups is 1. The van der Waals surface area contributed by atoms with E-state index >= 15 is 0 Å². The molecule has 0 bridgehead atoms. The highest BCUT2D eigenvalue weighted by atomic mass is 32.1. The van der Waals surface area contributed by atoms with Crippen LogP contribution < -0.4 is 4.90 Å². The number of hydrogen-bond acceptors (Lipinski definition) is 5. The highest BCUT2D eigenvalue weighted by Crippen LogP contribution is 2.54. The number of nitrogens with zero attached hydrogens (tertiary/aromatic N) is 2. The van der Waals surface area contributed by atoms with E-state index in [4.69, 9.17) is 0 Å². The lowest BCUT2D eigenvalue weighted by Crippen LogP contribution is -2.18. The maximum Gasteiger partial charge on any atom is 0.346 e. The maximum absolute atomic E-state index is 11.5. The third-order valence-corrected chi connectivity index (χ3v) is 17.0. The third kappa shape index (κ3) is 9.28. The van der Waals surface area contributed by atoms with Gasteiger partial charge < -0.3 is 10.0 Å². The van der Waals surface area contributed by atoms with Crippen molar-refractivity contribution < 1.29 is 9.90 Å². The average Bonchev–Trinajstić information content (AvgIpc) is 4.12. The molecular weight excluding hydrogens is 869 g/mol. The summed E-state index contributed by atoms with van der Waals surface area (Å²) in [6, 6.07) is 47.7. The molecule has 2 aliphatic rings. The van der Waals surface area contributed by atoms with Gasteiger partial charge in [0.25, 0.3) is 0 Å². The summed E-state index contributed by atoms with van der Waals surface area (Å²) in [4.78, 5) is 18.0. The molecule has 2 aromatic heterocycles. The molecular formula is C62H64N2O2S2. The predicted molar refractivity (Wildman–Crippen MR) is 289 cm³/mol. The van der Waals surface area contributed by atoms with Crippen molar-refractivity contribution in [1.82, 2.24) is 0 Å². The summed E-state index contributed by atoms with van der Waals surface area (Å²) in [6.45, 7) is 14.2. The topological polar surface area (TPSA) is 64.3 Å². The normalized spacial score (nSPS) is 14.0. The molecule has 0 amide bonds. The molecule has 68 heavy (non-hydrogen) atoms. The molecule has 5 aromatic carbocycles. The second-order valence-corrected chi connectivity index (χ2v) is 22.2. The number of aliphatic carboxylic acids is 1. The van der Waals surface area contributed by atoms with Crippen LogP contribution in [0.5, 0.6) is 0 Å². The van der Waals surface area contributed by atoms with E-state index in [1.807, 2.05) is 12.1 Å². The minimum absolute atomic E-state index is 0.144. The van der Waals surface area contributed by atoms with Crippen LogP contribution in [0, 0.1) is 11.3 Å². The van der Waals surface area contributed by atoms with Gasteiger partial charge in [-0.25, -0.2) is 4.79 Å². The molecule has 0 fully saturated rings. The Morgan fingerprint density at radius 3 is 1.49 bits per heavy atom. The van der Waals surface area contributed by atoms with Gasteiger partial charge in [0.15, 0.2) is 0 Å². The van der Waals surface area contributed by atoms with Crippen LogP contribution in [0.2, 0.25) is 0 Å². The van der Waals surface area contributed by atoms with E-state index in [1.54, 1.807) is 17.4 Å². The van der Waals surface area contributed by atoms with Gasteiger partial charge in [0.1, 0.15) is 11.6 Å². The first-order chi connectivity index (χ1) is 32.9. The largest absolute Gasteiger partial charge is 0.477 e. The number of aryl methyl sites for hydroxylation is 2. The molecule has 1 N–H and O–H groups in total. The van der Waals surface area contributed by atoms with Gasteiger partial charge in [-0.3, -0.25) is 0 Å². The Hall–Kier alpha value is -6.00. The van der Waals surface area contributed by atoms with Crippen molar-refractivity contribution in [2.45, 2.75) is 129 Å². The van der Waals surface area contributed by atoms with Gasteiger partial charge in [-0.1, -0.05) is 154 Å². The van der Waals surface area contributed by atoms with Gasteiger partial charge in [0.2, 0.25) is 0 Å². The van der Waals surface area contributed by atoms with Crippen LogP contribution in [0.1, 0.15) is 144 Å². The van der Waals surface area contributed by atoms with Crippen molar-refractivity contribution in [3.05, 3.63) is 165 Å². The van der Waals surface area contributed by atoms with Gasteiger partial charge in [-0.05, 0) is 154 Å². The number of carboxylic acids is 1. The molecule has 346 valence electrons. The molecule has 6 heteroatoms. The molecule has 0 spiro atoms. The Kier molecular flexibility index (Phi) is 13.8. The van der Waals surface area contributed by atoms with Gasteiger partial charge in [0, 0.05) is 47.4 Å². The minimum Gasteiger partial charge on any atom is -0.477 e. The Balaban J connectivity index is 1.06. The van der Waals surface area contributed by atoms with E-state index in [2.05, 4.69) is 156 Å². The first-order valence-corrected chi connectivity index (χ1v) is 26.6. The molecule has 4 nitrogen and oxygen atoms in total. The number of benzene rings is 5. The summed E-state index contributed by atoms with van der Waals surface area (Å²) in [7, 11) is 0. The molecule has 0 atom stereocenters. The van der Waals surface area contributed by atoms with E-state index < -0.39 is 5.97 Å². The summed E-state index contributed by atoms with van der Waals surface area (Å²) >= 11 is 3.21. The first-order valence-electron chi connectivity index (χ1n) is 24.9. The summed E-state index contributed by atoms with van der Waals surface area (Å²) in [5.74, 6) is -1.21. The standard InChI is InChI=1S/C62H64N2O2S2/c1-7-9-11-13-15-17-41-19-28-49-51-30-25-46(38-55(51)61(3,4)53(49)35-41)64(47-26-31-52-50-29-20-42(18-16-14-12-10-8-2)36-54(50)62(5,6)56(52)39-47)45-23-21-43(22-24-45)57-33-34-59(68-57)58-32-27-48(67-58)37-44(40-63)60(65)66/h19-39H,7-18H2,1-6H3,(H,65,66)/b44-37-. The SMILES string of the molecule is CCCCCCCc1ccc2c(c1)C(C)(C)c1cc(N(c3ccc(-c4ccc(-c5ccc(/C=C(/C#N)C(=O)O)s5)s4)cc3)c3ccc4c(c3)C(C)(C)c3cc(CCCCCCC)ccc3-4)ccc1-2. The van der Waals surface area contributed by atoms with Crippen LogP contribution in [0.25, 0.3) is 48.5 Å². The number of unbranched alkanes of at least 4 members (excludes halogenated alkanes) is 8. The van der Waals surface area contributed by atoms with E-state index in [0.29, 0.717) is 0 Å². The van der Waals surface area contributed by atoms with Gasteiger partial charge in [0.05, 0.1) is 0 Å². The van der Waals surface area contributed by atoms with Crippen LogP contribution >= 0.6 is 22.7 Å². The van der Waals surface area contributed by atoms with E-state index in [9.17, 15) is 15.2 Å². The fraction of sp³-hybridized carbons (Fsp3) is 0.323. The lowest BCUT2D eigenvalue weighted by Gasteiger charge is -2.30. The van der Waals surface area contributed by atoms with Crippen molar-refractivity contribution in [1.29, 1.82) is 5.26 Å². The number of thiophene rings is 2. The van der Waals surface area contributed by atoms with E-state index in [1.165, 1.54) is 137 Å². The van der Waals surface area contributed by atoms with E-state index in [0.717, 1.165) is 55.0 Å². The third-order valence-electron chi connectivity index (χ3n) is 14.6. The first kappa shape index (κ1) is 47.1. The lowest BCUT2D eigenvalue weighted by molar-refractivity contribution is -0.132. The summed E-state index contributed by atoms with van der Waals surface area (Å²) in [6.07, 6.45) is 16.6. The van der Waals surface area contributed by atoms with Crippen molar-refractivity contribution in [2.75, 3.05) is 4.90 Å². The highest BCUT2D eigenvalue weighted by Gasteiger charge is 2.38. The smallest absolute Gasteiger partial charge is 0.346 e. The summed E-state index contributed by atoms with van der Waals surface area (Å²) in [5.41, 5.74) is 17.9. The quantitative estimate of drug-likeness (QED) is 0.0498. The van der Waals surface area contributed by atoms with Crippen molar-refractivity contribution in [3.63, 3.8) is 0 Å². The monoisotopic (exact) mass is 932 g/mol. The minimum atomic E-state index is -1.21. The van der Waals surface area contributed by atoms with Gasteiger partial charge >= 0.3 is 5.97 Å². The Morgan fingerprint density at radius 2 is 0.985 bits per heavy atom. The molecule has 7 aromatic rings. The van der Waals surface area contributed by atoms with Crippen LogP contribution in [-0.4, -0.2) is 11.1 Å². The van der Waals surface area contributed by atoms with Crippen molar-refractivity contribution >= 4 is 51.8 Å². The number of hydrogen-bond donors (Lipinski definition) is 1. The second kappa shape index (κ2) is 19.9. The van der Waals surface area contributed by atoms with Crippen LogP contribution in [-0.2, 0) is 28.5 Å². The summed E-state index contributed by atoms with van der Waals surface area (Å²) < 4.78 is 0. The molecule has 2 aliphatic carbocycles. The van der Waals surface area contributed by atoms with Crippen molar-refractivity contribution in [3.8, 4) is 48.5 Å².